The minimum absolute atomic E-state index is 0.00884. The van der Waals surface area contributed by atoms with Crippen LogP contribution in [0.5, 0.6) is 0 Å². The standard InChI is InChI=1S/C36H62N6O7S/c1-9-13-26(30(43)32(45)37-23-16-17-23)38-31(44)29-24-18-19-36(5,6)25(24)20-42(29)33(46)28(22-14-11-10-12-15-22)40-34(47)39-27(35(2,3)4)21-41(7)50(8,48)49/h22-29H,9-21H2,1-8H3,(H,37,45)(H,38,44)(H2,39,40,47)/t24-,25-,26?,27+,28-,29-/m0/s1. The number of carbonyl (C=O) groups excluding carboxylic acids is 5. The molecule has 4 aliphatic rings. The zero-order valence-electron chi connectivity index (χ0n) is 31.5. The van der Waals surface area contributed by atoms with E-state index in [-0.39, 0.29) is 41.7 Å². The highest BCUT2D eigenvalue weighted by atomic mass is 32.2. The summed E-state index contributed by atoms with van der Waals surface area (Å²) < 4.78 is 25.6. The predicted octanol–water partition coefficient (Wildman–Crippen LogP) is 2.94. The molecule has 0 bridgehead atoms. The summed E-state index contributed by atoms with van der Waals surface area (Å²) in [5, 5.41) is 11.6. The van der Waals surface area contributed by atoms with Gasteiger partial charge in [0.2, 0.25) is 27.6 Å². The number of ketones is 1. The molecule has 284 valence electrons. The molecule has 1 unspecified atom stereocenters. The maximum absolute atomic E-state index is 14.8. The lowest BCUT2D eigenvalue weighted by Gasteiger charge is -2.37. The predicted molar refractivity (Wildman–Crippen MR) is 191 cm³/mol. The van der Waals surface area contributed by atoms with Gasteiger partial charge in [-0.1, -0.05) is 67.2 Å². The van der Waals surface area contributed by atoms with Gasteiger partial charge < -0.3 is 26.2 Å². The van der Waals surface area contributed by atoms with Crippen LogP contribution in [-0.4, -0.2) is 104 Å². The minimum Gasteiger partial charge on any atom is -0.347 e. The van der Waals surface area contributed by atoms with Crippen LogP contribution in [-0.2, 0) is 29.2 Å². The SMILES string of the molecule is CCCC(NC(=O)[C@@H]1[C@H]2CCC(C)(C)[C@H]2CN1C(=O)[C@@H](NC(=O)N[C@H](CN(C)S(C)(=O)=O)C(C)(C)C)C1CCCCC1)C(=O)C(=O)NC1CC1. The molecule has 3 aliphatic carbocycles. The Labute approximate surface area is 299 Å². The highest BCUT2D eigenvalue weighted by Gasteiger charge is 2.57. The number of fused-ring (bicyclic) bond motifs is 1. The van der Waals surface area contributed by atoms with Gasteiger partial charge in [-0.05, 0) is 73.5 Å². The van der Waals surface area contributed by atoms with Crippen molar-refractivity contribution in [3.8, 4) is 0 Å². The maximum Gasteiger partial charge on any atom is 0.315 e. The smallest absolute Gasteiger partial charge is 0.315 e. The summed E-state index contributed by atoms with van der Waals surface area (Å²) in [4.78, 5) is 70.4. The topological polar surface area (TPSA) is 174 Å². The summed E-state index contributed by atoms with van der Waals surface area (Å²) in [6, 6.07) is -3.83. The molecule has 5 amide bonds. The zero-order valence-corrected chi connectivity index (χ0v) is 32.3. The molecule has 1 aliphatic heterocycles. The molecule has 0 spiro atoms. The number of Topliss-reactive ketones (excluding diaryl/α,β-unsaturated/α-hetero) is 1. The molecule has 6 atom stereocenters. The van der Waals surface area contributed by atoms with Crippen LogP contribution in [0.1, 0.15) is 112 Å². The van der Waals surface area contributed by atoms with Crippen molar-refractivity contribution in [2.75, 3.05) is 26.4 Å². The van der Waals surface area contributed by atoms with Crippen LogP contribution in [0.25, 0.3) is 0 Å². The number of rotatable bonds is 14. The van der Waals surface area contributed by atoms with Gasteiger partial charge in [0.25, 0.3) is 5.91 Å². The second-order valence-corrected chi connectivity index (χ2v) is 19.2. The quantitative estimate of drug-likeness (QED) is 0.200. The summed E-state index contributed by atoms with van der Waals surface area (Å²) in [6.45, 7) is 12.4. The highest BCUT2D eigenvalue weighted by Crippen LogP contribution is 2.53. The number of carbonyl (C=O) groups is 5. The Bertz CT molecular complexity index is 1390. The summed E-state index contributed by atoms with van der Waals surface area (Å²) >= 11 is 0. The summed E-state index contributed by atoms with van der Waals surface area (Å²) in [6.07, 6.45) is 9.72. The number of likely N-dealkylation sites (tertiary alicyclic amines) is 1. The van der Waals surface area contributed by atoms with Crippen molar-refractivity contribution in [2.24, 2.45) is 28.6 Å². The maximum atomic E-state index is 14.8. The van der Waals surface area contributed by atoms with Gasteiger partial charge >= 0.3 is 6.03 Å². The molecule has 13 nitrogen and oxygen atoms in total. The lowest BCUT2D eigenvalue weighted by molar-refractivity contribution is -0.144. The zero-order chi connectivity index (χ0) is 37.2. The Balaban J connectivity index is 1.60. The summed E-state index contributed by atoms with van der Waals surface area (Å²) in [7, 11) is -2.03. The highest BCUT2D eigenvalue weighted by molar-refractivity contribution is 7.88. The monoisotopic (exact) mass is 722 g/mol. The first-order chi connectivity index (χ1) is 23.2. The van der Waals surface area contributed by atoms with Gasteiger partial charge in [-0.15, -0.1) is 0 Å². The average molecular weight is 723 g/mol. The Kier molecular flexibility index (Phi) is 12.7. The van der Waals surface area contributed by atoms with E-state index in [0.29, 0.717) is 19.4 Å². The van der Waals surface area contributed by atoms with Gasteiger partial charge in [0.05, 0.1) is 12.3 Å². The van der Waals surface area contributed by atoms with E-state index in [0.717, 1.165) is 64.0 Å². The minimum atomic E-state index is -3.50. The molecule has 0 aromatic rings. The van der Waals surface area contributed by atoms with Crippen LogP contribution in [0, 0.1) is 28.6 Å². The first kappa shape index (κ1) is 40.0. The first-order valence-corrected chi connectivity index (χ1v) is 20.5. The van der Waals surface area contributed by atoms with Gasteiger partial charge in [-0.2, -0.15) is 0 Å². The molecule has 1 heterocycles. The second kappa shape index (κ2) is 15.9. The number of hydrogen-bond donors (Lipinski definition) is 4. The largest absolute Gasteiger partial charge is 0.347 e. The van der Waals surface area contributed by atoms with Crippen molar-refractivity contribution in [1.82, 2.24) is 30.5 Å². The van der Waals surface area contributed by atoms with Gasteiger partial charge in [-0.25, -0.2) is 17.5 Å². The third-order valence-electron chi connectivity index (χ3n) is 11.7. The Morgan fingerprint density at radius 1 is 0.940 bits per heavy atom. The molecule has 1 saturated heterocycles. The van der Waals surface area contributed by atoms with E-state index in [1.807, 2.05) is 27.7 Å². The number of urea groups is 1. The molecule has 0 aromatic carbocycles. The molecule has 4 fully saturated rings. The summed E-state index contributed by atoms with van der Waals surface area (Å²) in [5.41, 5.74) is -0.610. The van der Waals surface area contributed by atoms with E-state index >= 15 is 0 Å². The number of nitrogens with zero attached hydrogens (tertiary/aromatic N) is 2. The van der Waals surface area contributed by atoms with Crippen molar-refractivity contribution < 1.29 is 32.4 Å². The van der Waals surface area contributed by atoms with E-state index in [4.69, 9.17) is 0 Å². The van der Waals surface area contributed by atoms with Crippen LogP contribution in [0.15, 0.2) is 0 Å². The van der Waals surface area contributed by atoms with Crippen LogP contribution in [0.2, 0.25) is 0 Å². The number of amides is 5. The molecule has 0 radical (unpaired) electrons. The Morgan fingerprint density at radius 2 is 1.58 bits per heavy atom. The fraction of sp³-hybridized carbons (Fsp3) is 0.861. The Hall–Kier alpha value is -2.74. The van der Waals surface area contributed by atoms with E-state index < -0.39 is 63.2 Å². The average Bonchev–Trinajstić information content (AvgIpc) is 3.68. The normalized spacial score (nSPS) is 25.7. The molecule has 50 heavy (non-hydrogen) atoms. The third kappa shape index (κ3) is 9.77. The molecular weight excluding hydrogens is 660 g/mol. The van der Waals surface area contributed by atoms with Crippen LogP contribution < -0.4 is 21.3 Å². The second-order valence-electron chi connectivity index (χ2n) is 17.2. The van der Waals surface area contributed by atoms with E-state index in [1.165, 1.54) is 11.4 Å². The van der Waals surface area contributed by atoms with Crippen LogP contribution >= 0.6 is 0 Å². The van der Waals surface area contributed by atoms with Crippen molar-refractivity contribution in [3.05, 3.63) is 0 Å². The van der Waals surface area contributed by atoms with Gasteiger partial charge in [-0.3, -0.25) is 19.2 Å². The van der Waals surface area contributed by atoms with Gasteiger partial charge in [0, 0.05) is 32.2 Å². The van der Waals surface area contributed by atoms with E-state index in [9.17, 15) is 32.4 Å². The lowest BCUT2D eigenvalue weighted by atomic mass is 9.79. The van der Waals surface area contributed by atoms with Gasteiger partial charge in [0.15, 0.2) is 0 Å². The van der Waals surface area contributed by atoms with Crippen LogP contribution in [0.3, 0.4) is 0 Å². The molecule has 14 heteroatoms. The van der Waals surface area contributed by atoms with Crippen molar-refractivity contribution in [2.45, 2.75) is 142 Å². The van der Waals surface area contributed by atoms with Crippen molar-refractivity contribution >= 4 is 39.6 Å². The molecule has 4 rings (SSSR count). The van der Waals surface area contributed by atoms with Crippen molar-refractivity contribution in [3.63, 3.8) is 0 Å². The molecular formula is C36H62N6O7S. The fourth-order valence-electron chi connectivity index (χ4n) is 8.14. The number of sulfonamides is 1. The van der Waals surface area contributed by atoms with Crippen molar-refractivity contribution in [1.29, 1.82) is 0 Å². The molecule has 4 N–H and O–H groups in total. The number of hydrogen-bond acceptors (Lipinski definition) is 7. The third-order valence-corrected chi connectivity index (χ3v) is 13.0. The molecule has 0 aromatic heterocycles. The lowest BCUT2D eigenvalue weighted by Crippen LogP contribution is -2.61. The fourth-order valence-corrected chi connectivity index (χ4v) is 8.56. The van der Waals surface area contributed by atoms with Crippen LogP contribution in [0.4, 0.5) is 4.79 Å². The molecule has 3 saturated carbocycles. The van der Waals surface area contributed by atoms with E-state index in [2.05, 4.69) is 35.1 Å². The number of nitrogens with one attached hydrogen (secondary N) is 4. The summed E-state index contributed by atoms with van der Waals surface area (Å²) in [5.74, 6) is -2.30. The van der Waals surface area contributed by atoms with E-state index in [1.54, 1.807) is 4.90 Å². The first-order valence-electron chi connectivity index (χ1n) is 18.7. The number of likely N-dealkylation sites (N-methyl/N-ethyl adjacent to an activating group) is 1. The van der Waals surface area contributed by atoms with Gasteiger partial charge in [0.1, 0.15) is 12.1 Å². The Morgan fingerprint density at radius 3 is 2.14 bits per heavy atom.